The van der Waals surface area contributed by atoms with E-state index >= 15 is 0 Å². The first-order valence-corrected chi connectivity index (χ1v) is 10.7. The number of hydrogen-bond acceptors (Lipinski definition) is 3. The van der Waals surface area contributed by atoms with Crippen LogP contribution in [-0.4, -0.2) is 20.9 Å². The van der Waals surface area contributed by atoms with Gasteiger partial charge < -0.3 is 10.3 Å². The number of carbonyl (C=O) groups excluding carboxylic acids is 1. The Morgan fingerprint density at radius 1 is 1.00 bits per heavy atom. The number of nitrogens with zero attached hydrogens (tertiary/aromatic N) is 2. The second kappa shape index (κ2) is 8.34. The molecule has 31 heavy (non-hydrogen) atoms. The highest BCUT2D eigenvalue weighted by Crippen LogP contribution is 2.27. The van der Waals surface area contributed by atoms with E-state index in [1.54, 1.807) is 6.33 Å². The first kappa shape index (κ1) is 20.8. The fourth-order valence-corrected chi connectivity index (χ4v) is 3.78. The molecule has 4 aromatic rings. The molecule has 0 spiro atoms. The average molecular weight is 413 g/mol. The zero-order valence-electron chi connectivity index (χ0n) is 18.5. The fraction of sp³-hybridized carbons (Fsp3) is 0.269. The lowest BCUT2D eigenvalue weighted by molar-refractivity contribution is 0.0951. The average Bonchev–Trinajstić information content (AvgIpc) is 3.26. The molecule has 1 amide bonds. The Hall–Kier alpha value is -3.47. The molecule has 2 N–H and O–H groups in total. The van der Waals surface area contributed by atoms with E-state index in [1.807, 2.05) is 36.5 Å². The molecule has 5 heteroatoms. The van der Waals surface area contributed by atoms with E-state index in [0.717, 1.165) is 34.3 Å². The molecule has 0 atom stereocenters. The van der Waals surface area contributed by atoms with E-state index < -0.39 is 0 Å². The zero-order chi connectivity index (χ0) is 22.0. The Morgan fingerprint density at radius 2 is 1.77 bits per heavy atom. The monoisotopic (exact) mass is 412 g/mol. The van der Waals surface area contributed by atoms with Crippen molar-refractivity contribution in [2.45, 2.75) is 46.1 Å². The summed E-state index contributed by atoms with van der Waals surface area (Å²) in [6.07, 6.45) is 4.33. The van der Waals surface area contributed by atoms with Gasteiger partial charge in [-0.25, -0.2) is 9.97 Å². The van der Waals surface area contributed by atoms with Crippen molar-refractivity contribution in [2.24, 2.45) is 0 Å². The highest BCUT2D eigenvalue weighted by molar-refractivity contribution is 5.94. The highest BCUT2D eigenvalue weighted by Gasteiger charge is 2.15. The number of fused-ring (bicyclic) bond motifs is 1. The van der Waals surface area contributed by atoms with E-state index in [-0.39, 0.29) is 11.3 Å². The molecule has 0 aliphatic rings. The van der Waals surface area contributed by atoms with Crippen molar-refractivity contribution in [3.63, 3.8) is 0 Å². The number of aryl methyl sites for hydroxylation is 1. The Bertz CT molecular complexity index is 1220. The maximum absolute atomic E-state index is 12.7. The van der Waals surface area contributed by atoms with E-state index in [0.29, 0.717) is 12.1 Å². The van der Waals surface area contributed by atoms with Crippen LogP contribution in [-0.2, 0) is 18.4 Å². The van der Waals surface area contributed by atoms with Gasteiger partial charge in [0.05, 0.1) is 5.69 Å². The van der Waals surface area contributed by atoms with Crippen LogP contribution in [0.2, 0.25) is 0 Å². The van der Waals surface area contributed by atoms with Crippen molar-refractivity contribution in [3.8, 4) is 11.3 Å². The summed E-state index contributed by atoms with van der Waals surface area (Å²) in [5.41, 5.74) is 7.08. The van der Waals surface area contributed by atoms with Crippen LogP contribution >= 0.6 is 0 Å². The Balaban J connectivity index is 1.51. The van der Waals surface area contributed by atoms with E-state index in [2.05, 4.69) is 66.2 Å². The van der Waals surface area contributed by atoms with Gasteiger partial charge >= 0.3 is 0 Å². The molecule has 0 bridgehead atoms. The maximum Gasteiger partial charge on any atom is 0.251 e. The third kappa shape index (κ3) is 4.36. The van der Waals surface area contributed by atoms with Crippen LogP contribution in [0.15, 0.2) is 61.1 Å². The number of amides is 1. The summed E-state index contributed by atoms with van der Waals surface area (Å²) in [7, 11) is 0. The van der Waals surface area contributed by atoms with Crippen LogP contribution < -0.4 is 5.32 Å². The second-order valence-electron chi connectivity index (χ2n) is 8.81. The SMILES string of the molecule is CCc1cc(-c2ncnc3[nH]ccc23)ccc1CNC(=O)c1ccc(C(C)(C)C)cc1. The van der Waals surface area contributed by atoms with Crippen LogP contribution in [0.3, 0.4) is 0 Å². The molecule has 0 aliphatic heterocycles. The summed E-state index contributed by atoms with van der Waals surface area (Å²) in [5, 5.41) is 4.07. The molecule has 2 aromatic carbocycles. The second-order valence-corrected chi connectivity index (χ2v) is 8.81. The van der Waals surface area contributed by atoms with Gasteiger partial charge in [-0.3, -0.25) is 4.79 Å². The van der Waals surface area contributed by atoms with Gasteiger partial charge in [0.25, 0.3) is 5.91 Å². The largest absolute Gasteiger partial charge is 0.348 e. The summed E-state index contributed by atoms with van der Waals surface area (Å²) in [6, 6.07) is 16.2. The molecule has 4 rings (SSSR count). The van der Waals surface area contributed by atoms with E-state index in [9.17, 15) is 4.79 Å². The molecule has 0 saturated carbocycles. The number of carbonyl (C=O) groups is 1. The summed E-state index contributed by atoms with van der Waals surface area (Å²) in [5.74, 6) is -0.0589. The minimum atomic E-state index is -0.0589. The topological polar surface area (TPSA) is 70.7 Å². The number of H-pyrrole nitrogens is 1. The molecule has 2 aromatic heterocycles. The predicted molar refractivity (Wildman–Crippen MR) is 125 cm³/mol. The van der Waals surface area contributed by atoms with Crippen LogP contribution in [0.5, 0.6) is 0 Å². The number of benzene rings is 2. The van der Waals surface area contributed by atoms with Gasteiger partial charge in [0, 0.05) is 29.3 Å². The van der Waals surface area contributed by atoms with Gasteiger partial charge in [-0.05, 0) is 52.8 Å². The lowest BCUT2D eigenvalue weighted by Crippen LogP contribution is -2.23. The number of nitrogens with one attached hydrogen (secondary N) is 2. The molecule has 2 heterocycles. The summed E-state index contributed by atoms with van der Waals surface area (Å²) in [6.45, 7) is 9.12. The third-order valence-electron chi connectivity index (χ3n) is 5.67. The quantitative estimate of drug-likeness (QED) is 0.460. The molecule has 158 valence electrons. The highest BCUT2D eigenvalue weighted by atomic mass is 16.1. The normalized spacial score (nSPS) is 11.6. The van der Waals surface area contributed by atoms with Crippen LogP contribution in [0.25, 0.3) is 22.3 Å². The smallest absolute Gasteiger partial charge is 0.251 e. The Labute approximate surface area is 183 Å². The van der Waals surface area contributed by atoms with Crippen molar-refractivity contribution in [2.75, 3.05) is 0 Å². The van der Waals surface area contributed by atoms with Gasteiger partial charge in [-0.2, -0.15) is 0 Å². The summed E-state index contributed by atoms with van der Waals surface area (Å²) >= 11 is 0. The fourth-order valence-electron chi connectivity index (χ4n) is 3.78. The number of hydrogen-bond donors (Lipinski definition) is 2. The minimum Gasteiger partial charge on any atom is -0.348 e. The van der Waals surface area contributed by atoms with Crippen LogP contribution in [0.1, 0.15) is 54.7 Å². The first-order chi connectivity index (χ1) is 14.9. The zero-order valence-corrected chi connectivity index (χ0v) is 18.5. The standard InChI is InChI=1S/C26H28N4O/c1-5-17-14-19(23-22-12-13-27-24(22)30-16-29-23)6-7-20(17)15-28-25(31)18-8-10-21(11-9-18)26(2,3)4/h6-14,16H,5,15H2,1-4H3,(H,28,31)(H,27,29,30). The Kier molecular flexibility index (Phi) is 5.59. The minimum absolute atomic E-state index is 0.0589. The van der Waals surface area contributed by atoms with Crippen molar-refractivity contribution in [3.05, 3.63) is 83.3 Å². The van der Waals surface area contributed by atoms with Gasteiger partial charge in [0.15, 0.2) is 0 Å². The number of aromatic nitrogens is 3. The van der Waals surface area contributed by atoms with Crippen molar-refractivity contribution >= 4 is 16.9 Å². The molecule has 0 saturated heterocycles. The molecular formula is C26H28N4O. The molecule has 0 unspecified atom stereocenters. The van der Waals surface area contributed by atoms with E-state index in [1.165, 1.54) is 11.1 Å². The van der Waals surface area contributed by atoms with Gasteiger partial charge in [0.1, 0.15) is 12.0 Å². The van der Waals surface area contributed by atoms with Gasteiger partial charge in [-0.15, -0.1) is 0 Å². The number of rotatable bonds is 5. The first-order valence-electron chi connectivity index (χ1n) is 10.7. The van der Waals surface area contributed by atoms with Crippen LogP contribution in [0, 0.1) is 0 Å². The van der Waals surface area contributed by atoms with Crippen LogP contribution in [0.4, 0.5) is 0 Å². The summed E-state index contributed by atoms with van der Waals surface area (Å²) < 4.78 is 0. The van der Waals surface area contributed by atoms with E-state index in [4.69, 9.17) is 0 Å². The maximum atomic E-state index is 12.7. The van der Waals surface area contributed by atoms with Crippen molar-refractivity contribution < 1.29 is 4.79 Å². The molecule has 5 nitrogen and oxygen atoms in total. The molecule has 0 fully saturated rings. The van der Waals surface area contributed by atoms with Crippen molar-refractivity contribution in [1.82, 2.24) is 20.3 Å². The summed E-state index contributed by atoms with van der Waals surface area (Å²) in [4.78, 5) is 24.5. The van der Waals surface area contributed by atoms with Crippen molar-refractivity contribution in [1.29, 1.82) is 0 Å². The lowest BCUT2D eigenvalue weighted by Gasteiger charge is -2.19. The number of aromatic amines is 1. The predicted octanol–water partition coefficient (Wildman–Crippen LogP) is 5.41. The molecule has 0 radical (unpaired) electrons. The lowest BCUT2D eigenvalue weighted by atomic mass is 9.87. The third-order valence-corrected chi connectivity index (χ3v) is 5.67. The van der Waals surface area contributed by atoms with Gasteiger partial charge in [0.2, 0.25) is 0 Å². The molecule has 0 aliphatic carbocycles. The Morgan fingerprint density at radius 3 is 2.48 bits per heavy atom. The molecular weight excluding hydrogens is 384 g/mol. The van der Waals surface area contributed by atoms with Gasteiger partial charge in [-0.1, -0.05) is 52.0 Å².